The summed E-state index contributed by atoms with van der Waals surface area (Å²) >= 11 is 0. The second kappa shape index (κ2) is 3.95. The second-order valence-electron chi connectivity index (χ2n) is 3.97. The van der Waals surface area contributed by atoms with Crippen LogP contribution >= 0.6 is 0 Å². The van der Waals surface area contributed by atoms with Crippen molar-refractivity contribution >= 4 is 5.78 Å². The highest BCUT2D eigenvalue weighted by Crippen LogP contribution is 2.26. The van der Waals surface area contributed by atoms with Gasteiger partial charge in [-0.3, -0.25) is 4.79 Å². The van der Waals surface area contributed by atoms with Gasteiger partial charge in [-0.05, 0) is 32.1 Å². The maximum absolute atomic E-state index is 11.5. The van der Waals surface area contributed by atoms with E-state index < -0.39 is 0 Å². The van der Waals surface area contributed by atoms with Gasteiger partial charge in [-0.2, -0.15) is 0 Å². The smallest absolute Gasteiger partial charge is 0.160 e. The number of allylic oxidation sites excluding steroid dienone is 2. The predicted molar refractivity (Wildman–Crippen MR) is 52.4 cm³/mol. The fourth-order valence-corrected chi connectivity index (χ4v) is 2.22. The molecule has 0 atom stereocenters. The SMILES string of the molecule is O=C1CCC/C1=C1\CCCCCN1. The van der Waals surface area contributed by atoms with E-state index in [1.165, 1.54) is 25.0 Å². The normalized spacial score (nSPS) is 30.0. The van der Waals surface area contributed by atoms with Crippen molar-refractivity contribution in [2.24, 2.45) is 0 Å². The van der Waals surface area contributed by atoms with Crippen molar-refractivity contribution in [3.05, 3.63) is 11.3 Å². The van der Waals surface area contributed by atoms with E-state index in [2.05, 4.69) is 5.32 Å². The summed E-state index contributed by atoms with van der Waals surface area (Å²) in [5.74, 6) is 0.393. The molecule has 0 amide bonds. The summed E-state index contributed by atoms with van der Waals surface area (Å²) in [4.78, 5) is 11.5. The van der Waals surface area contributed by atoms with Gasteiger partial charge in [-0.15, -0.1) is 0 Å². The molecule has 0 spiro atoms. The molecule has 13 heavy (non-hydrogen) atoms. The number of Topliss-reactive ketones (excluding diaryl/α,β-unsaturated/α-hetero) is 1. The fourth-order valence-electron chi connectivity index (χ4n) is 2.22. The first-order valence-corrected chi connectivity index (χ1v) is 5.37. The molecule has 1 aliphatic carbocycles. The van der Waals surface area contributed by atoms with Gasteiger partial charge in [0.2, 0.25) is 0 Å². The van der Waals surface area contributed by atoms with Gasteiger partial charge >= 0.3 is 0 Å². The third-order valence-corrected chi connectivity index (χ3v) is 2.97. The molecule has 0 unspecified atom stereocenters. The number of hydrogen-bond donors (Lipinski definition) is 1. The molecule has 2 aliphatic rings. The summed E-state index contributed by atoms with van der Waals surface area (Å²) in [6, 6.07) is 0. The Bertz CT molecular complexity index is 232. The first kappa shape index (κ1) is 8.79. The van der Waals surface area contributed by atoms with Crippen molar-refractivity contribution in [1.29, 1.82) is 0 Å². The van der Waals surface area contributed by atoms with E-state index in [0.29, 0.717) is 5.78 Å². The first-order valence-electron chi connectivity index (χ1n) is 5.37. The van der Waals surface area contributed by atoms with Gasteiger partial charge in [0.25, 0.3) is 0 Å². The summed E-state index contributed by atoms with van der Waals surface area (Å²) in [5, 5.41) is 3.41. The molecular weight excluding hydrogens is 162 g/mol. The van der Waals surface area contributed by atoms with Gasteiger partial charge in [-0.1, -0.05) is 6.42 Å². The minimum absolute atomic E-state index is 0.393. The molecular formula is C11H17NO. The van der Waals surface area contributed by atoms with Crippen LogP contribution in [0.15, 0.2) is 11.3 Å². The van der Waals surface area contributed by atoms with E-state index in [1.807, 2.05) is 0 Å². The van der Waals surface area contributed by atoms with Crippen molar-refractivity contribution in [2.45, 2.75) is 44.9 Å². The Hall–Kier alpha value is -0.790. The van der Waals surface area contributed by atoms with Gasteiger partial charge in [0.15, 0.2) is 5.78 Å². The molecule has 2 rings (SSSR count). The van der Waals surface area contributed by atoms with Gasteiger partial charge in [0.1, 0.15) is 0 Å². The van der Waals surface area contributed by atoms with Crippen molar-refractivity contribution in [1.82, 2.24) is 5.32 Å². The highest BCUT2D eigenvalue weighted by atomic mass is 16.1. The molecule has 2 nitrogen and oxygen atoms in total. The average Bonchev–Trinajstić information content (AvgIpc) is 2.43. The lowest BCUT2D eigenvalue weighted by molar-refractivity contribution is -0.114. The number of ketones is 1. The molecule has 1 saturated heterocycles. The minimum Gasteiger partial charge on any atom is -0.388 e. The lowest BCUT2D eigenvalue weighted by Crippen LogP contribution is -2.15. The Morgan fingerprint density at radius 2 is 1.85 bits per heavy atom. The molecule has 1 N–H and O–H groups in total. The monoisotopic (exact) mass is 179 g/mol. The summed E-state index contributed by atoms with van der Waals surface area (Å²) in [5.41, 5.74) is 2.38. The number of carbonyl (C=O) groups excluding carboxylic acids is 1. The van der Waals surface area contributed by atoms with Gasteiger partial charge < -0.3 is 5.32 Å². The Kier molecular flexibility index (Phi) is 2.67. The van der Waals surface area contributed by atoms with Crippen molar-refractivity contribution in [2.75, 3.05) is 6.54 Å². The third kappa shape index (κ3) is 1.93. The van der Waals surface area contributed by atoms with Crippen LogP contribution in [0.5, 0.6) is 0 Å². The minimum atomic E-state index is 0.393. The molecule has 0 aromatic carbocycles. The number of carbonyl (C=O) groups is 1. The summed E-state index contributed by atoms with van der Waals surface area (Å²) in [7, 11) is 0. The number of rotatable bonds is 0. The first-order chi connectivity index (χ1) is 6.38. The largest absolute Gasteiger partial charge is 0.388 e. The van der Waals surface area contributed by atoms with Crippen LogP contribution in [-0.2, 0) is 4.79 Å². The van der Waals surface area contributed by atoms with Crippen LogP contribution in [0.4, 0.5) is 0 Å². The molecule has 0 bridgehead atoms. The highest BCUT2D eigenvalue weighted by molar-refractivity contribution is 5.97. The van der Waals surface area contributed by atoms with E-state index in [1.54, 1.807) is 0 Å². The Morgan fingerprint density at radius 3 is 2.62 bits per heavy atom. The Labute approximate surface area is 79.4 Å². The van der Waals surface area contributed by atoms with Gasteiger partial charge in [-0.25, -0.2) is 0 Å². The quantitative estimate of drug-likeness (QED) is 0.577. The number of nitrogens with one attached hydrogen (secondary N) is 1. The fraction of sp³-hybridized carbons (Fsp3) is 0.727. The van der Waals surface area contributed by atoms with Crippen LogP contribution in [0, 0.1) is 0 Å². The zero-order valence-electron chi connectivity index (χ0n) is 8.07. The van der Waals surface area contributed by atoms with Crippen LogP contribution in [0.3, 0.4) is 0 Å². The zero-order valence-corrected chi connectivity index (χ0v) is 8.07. The topological polar surface area (TPSA) is 29.1 Å². The standard InChI is InChI=1S/C11H17NO/c13-11-7-4-5-9(11)10-6-2-1-3-8-12-10/h12H,1-8H2/b10-9-. The molecule has 0 aromatic heterocycles. The highest BCUT2D eigenvalue weighted by Gasteiger charge is 2.21. The van der Waals surface area contributed by atoms with E-state index in [9.17, 15) is 4.79 Å². The number of hydrogen-bond acceptors (Lipinski definition) is 2. The maximum Gasteiger partial charge on any atom is 0.160 e. The van der Waals surface area contributed by atoms with E-state index in [4.69, 9.17) is 0 Å². The zero-order chi connectivity index (χ0) is 9.10. The summed E-state index contributed by atoms with van der Waals surface area (Å²) < 4.78 is 0. The van der Waals surface area contributed by atoms with Crippen molar-refractivity contribution in [3.8, 4) is 0 Å². The van der Waals surface area contributed by atoms with Gasteiger partial charge in [0, 0.05) is 24.2 Å². The summed E-state index contributed by atoms with van der Waals surface area (Å²) in [6.45, 7) is 1.06. The van der Waals surface area contributed by atoms with E-state index in [0.717, 1.165) is 37.8 Å². The molecule has 72 valence electrons. The molecule has 1 heterocycles. The molecule has 1 aliphatic heterocycles. The van der Waals surface area contributed by atoms with E-state index >= 15 is 0 Å². The molecule has 2 fully saturated rings. The van der Waals surface area contributed by atoms with Gasteiger partial charge in [0.05, 0.1) is 0 Å². The van der Waals surface area contributed by atoms with E-state index in [-0.39, 0.29) is 0 Å². The van der Waals surface area contributed by atoms with Crippen LogP contribution in [-0.4, -0.2) is 12.3 Å². The Morgan fingerprint density at radius 1 is 0.923 bits per heavy atom. The van der Waals surface area contributed by atoms with Crippen LogP contribution in [0.2, 0.25) is 0 Å². The molecule has 1 saturated carbocycles. The van der Waals surface area contributed by atoms with Crippen LogP contribution in [0.1, 0.15) is 44.9 Å². The Balaban J connectivity index is 2.14. The maximum atomic E-state index is 11.5. The van der Waals surface area contributed by atoms with Crippen LogP contribution in [0.25, 0.3) is 0 Å². The predicted octanol–water partition coefficient (Wildman–Crippen LogP) is 2.16. The van der Waals surface area contributed by atoms with Crippen molar-refractivity contribution < 1.29 is 4.79 Å². The van der Waals surface area contributed by atoms with Crippen LogP contribution < -0.4 is 5.32 Å². The van der Waals surface area contributed by atoms with Crippen molar-refractivity contribution in [3.63, 3.8) is 0 Å². The molecule has 0 radical (unpaired) electrons. The molecule has 2 heteroatoms. The summed E-state index contributed by atoms with van der Waals surface area (Å²) in [6.07, 6.45) is 7.77. The lowest BCUT2D eigenvalue weighted by atomic mass is 10.1. The third-order valence-electron chi connectivity index (χ3n) is 2.97. The molecule has 0 aromatic rings. The average molecular weight is 179 g/mol. The lowest BCUT2D eigenvalue weighted by Gasteiger charge is -2.09. The second-order valence-corrected chi connectivity index (χ2v) is 3.97.